The van der Waals surface area contributed by atoms with Gasteiger partial charge in [0.25, 0.3) is 0 Å². The van der Waals surface area contributed by atoms with Gasteiger partial charge in [0.05, 0.1) is 16.7 Å². The van der Waals surface area contributed by atoms with Gasteiger partial charge in [-0.25, -0.2) is 0 Å². The van der Waals surface area contributed by atoms with Crippen molar-refractivity contribution in [2.45, 2.75) is 11.8 Å². The molecule has 1 aromatic rings. The summed E-state index contributed by atoms with van der Waals surface area (Å²) in [6.45, 7) is 0.136. The topological polar surface area (TPSA) is 40.5 Å². The fourth-order valence-corrected chi connectivity index (χ4v) is 2.36. The first-order valence-corrected chi connectivity index (χ1v) is 5.57. The van der Waals surface area contributed by atoms with E-state index in [0.29, 0.717) is 10.0 Å². The van der Waals surface area contributed by atoms with Crippen molar-refractivity contribution in [2.75, 3.05) is 13.2 Å². The van der Waals surface area contributed by atoms with Crippen molar-refractivity contribution in [3.05, 3.63) is 33.8 Å². The van der Waals surface area contributed by atoms with E-state index >= 15 is 0 Å². The third-order valence-electron chi connectivity index (χ3n) is 3.23. The average Bonchev–Trinajstić information content (AvgIpc) is 2.97. The molecule has 2 N–H and O–H groups in total. The minimum absolute atomic E-state index is 0.0379. The molecule has 4 heteroatoms. The summed E-state index contributed by atoms with van der Waals surface area (Å²) in [7, 11) is 0. The van der Waals surface area contributed by atoms with Crippen LogP contribution in [-0.4, -0.2) is 23.4 Å². The highest BCUT2D eigenvalue weighted by Gasteiger charge is 2.54. The van der Waals surface area contributed by atoms with E-state index in [1.165, 1.54) is 0 Å². The molecule has 0 bridgehead atoms. The van der Waals surface area contributed by atoms with Gasteiger partial charge in [-0.15, -0.1) is 0 Å². The van der Waals surface area contributed by atoms with Crippen LogP contribution in [0.1, 0.15) is 12.0 Å². The molecule has 15 heavy (non-hydrogen) atoms. The maximum Gasteiger partial charge on any atom is 0.0595 e. The second-order valence-electron chi connectivity index (χ2n) is 4.03. The maximum atomic E-state index is 9.38. The first-order valence-electron chi connectivity index (χ1n) is 4.81. The van der Waals surface area contributed by atoms with Crippen molar-refractivity contribution in [3.8, 4) is 0 Å². The molecule has 0 spiro atoms. The van der Waals surface area contributed by atoms with Crippen LogP contribution in [0.15, 0.2) is 18.2 Å². The molecule has 2 rings (SSSR count). The Morgan fingerprint density at radius 2 is 2.00 bits per heavy atom. The van der Waals surface area contributed by atoms with Crippen LogP contribution in [0.4, 0.5) is 0 Å². The van der Waals surface area contributed by atoms with Crippen molar-refractivity contribution in [3.63, 3.8) is 0 Å². The van der Waals surface area contributed by atoms with Crippen molar-refractivity contribution in [1.29, 1.82) is 0 Å². The summed E-state index contributed by atoms with van der Waals surface area (Å²) in [6.07, 6.45) is 0.804. The monoisotopic (exact) mass is 246 g/mol. The Bertz CT molecular complexity index is 381. The van der Waals surface area contributed by atoms with Crippen molar-refractivity contribution in [2.24, 2.45) is 5.92 Å². The molecule has 0 aliphatic heterocycles. The predicted molar refractivity (Wildman–Crippen MR) is 60.4 cm³/mol. The fraction of sp³-hybridized carbons (Fsp3) is 0.455. The van der Waals surface area contributed by atoms with Crippen LogP contribution in [-0.2, 0) is 5.41 Å². The van der Waals surface area contributed by atoms with Gasteiger partial charge in [-0.3, -0.25) is 0 Å². The lowest BCUT2D eigenvalue weighted by Gasteiger charge is -2.15. The van der Waals surface area contributed by atoms with Gasteiger partial charge in [-0.05, 0) is 30.0 Å². The van der Waals surface area contributed by atoms with Gasteiger partial charge < -0.3 is 10.2 Å². The number of halogens is 2. The lowest BCUT2D eigenvalue weighted by molar-refractivity contribution is 0.213. The average molecular weight is 247 g/mol. The Hall–Kier alpha value is -0.280. The summed E-state index contributed by atoms with van der Waals surface area (Å²) in [4.78, 5) is 0. The lowest BCUT2D eigenvalue weighted by Crippen LogP contribution is -2.17. The van der Waals surface area contributed by atoms with Crippen molar-refractivity contribution in [1.82, 2.24) is 0 Å². The normalized spacial score (nSPS) is 29.2. The number of benzene rings is 1. The van der Waals surface area contributed by atoms with Crippen LogP contribution in [0.3, 0.4) is 0 Å². The van der Waals surface area contributed by atoms with Gasteiger partial charge in [0.2, 0.25) is 0 Å². The van der Waals surface area contributed by atoms with E-state index in [4.69, 9.17) is 28.3 Å². The van der Waals surface area contributed by atoms with E-state index in [9.17, 15) is 5.11 Å². The second-order valence-corrected chi connectivity index (χ2v) is 4.84. The Balaban J connectivity index is 2.33. The number of hydrogen-bond acceptors (Lipinski definition) is 2. The highest BCUT2D eigenvalue weighted by atomic mass is 35.5. The van der Waals surface area contributed by atoms with E-state index in [-0.39, 0.29) is 24.5 Å². The van der Waals surface area contributed by atoms with Crippen LogP contribution in [0, 0.1) is 5.92 Å². The summed E-state index contributed by atoms with van der Waals surface area (Å²) < 4.78 is 0. The standard InChI is InChI=1S/C11H12Cl2O2/c12-9-2-1-7(3-10(9)13)11(6-15)4-8(11)5-14/h1-3,8,14-15H,4-6H2/t8?,11-/m1/s1. The molecular weight excluding hydrogens is 235 g/mol. The maximum absolute atomic E-state index is 9.38. The smallest absolute Gasteiger partial charge is 0.0595 e. The Morgan fingerprint density at radius 3 is 2.47 bits per heavy atom. The van der Waals surface area contributed by atoms with Crippen LogP contribution in [0.2, 0.25) is 10.0 Å². The quantitative estimate of drug-likeness (QED) is 0.859. The van der Waals surface area contributed by atoms with Gasteiger partial charge in [-0.1, -0.05) is 29.3 Å². The molecule has 0 amide bonds. The molecular formula is C11H12Cl2O2. The van der Waals surface area contributed by atoms with Gasteiger partial charge >= 0.3 is 0 Å². The fourth-order valence-electron chi connectivity index (χ4n) is 2.06. The molecule has 1 aromatic carbocycles. The molecule has 1 aliphatic carbocycles. The summed E-state index contributed by atoms with van der Waals surface area (Å²) in [5.74, 6) is 0.139. The SMILES string of the molecule is OCC1C[C@@]1(CO)c1ccc(Cl)c(Cl)c1. The Kier molecular flexibility index (Phi) is 2.95. The van der Waals surface area contributed by atoms with Gasteiger partial charge in [-0.2, -0.15) is 0 Å². The summed E-state index contributed by atoms with van der Waals surface area (Å²) in [5.41, 5.74) is 0.654. The van der Waals surface area contributed by atoms with Crippen LogP contribution < -0.4 is 0 Å². The first-order chi connectivity index (χ1) is 7.14. The van der Waals surface area contributed by atoms with Gasteiger partial charge in [0.1, 0.15) is 0 Å². The Labute approximate surface area is 98.4 Å². The van der Waals surface area contributed by atoms with E-state index in [1.54, 1.807) is 12.1 Å². The predicted octanol–water partition coefficient (Wildman–Crippen LogP) is 2.24. The van der Waals surface area contributed by atoms with Crippen molar-refractivity contribution >= 4 is 23.2 Å². The van der Waals surface area contributed by atoms with Gasteiger partial charge in [0.15, 0.2) is 0 Å². The molecule has 0 aromatic heterocycles. The summed E-state index contributed by atoms with van der Waals surface area (Å²) in [6, 6.07) is 5.36. The lowest BCUT2D eigenvalue weighted by atomic mass is 9.94. The van der Waals surface area contributed by atoms with E-state index in [2.05, 4.69) is 0 Å². The van der Waals surface area contributed by atoms with Gasteiger partial charge in [0, 0.05) is 12.0 Å². The van der Waals surface area contributed by atoms with E-state index in [0.717, 1.165) is 12.0 Å². The highest BCUT2D eigenvalue weighted by molar-refractivity contribution is 6.42. The number of hydrogen-bond donors (Lipinski definition) is 2. The molecule has 0 heterocycles. The van der Waals surface area contributed by atoms with E-state index in [1.807, 2.05) is 6.07 Å². The number of rotatable bonds is 3. The molecule has 1 unspecified atom stereocenters. The molecule has 1 aliphatic rings. The number of aliphatic hydroxyl groups is 2. The molecule has 0 saturated heterocycles. The zero-order valence-electron chi connectivity index (χ0n) is 8.08. The Morgan fingerprint density at radius 1 is 1.27 bits per heavy atom. The third-order valence-corrected chi connectivity index (χ3v) is 3.97. The molecule has 1 saturated carbocycles. The minimum atomic E-state index is -0.303. The first kappa shape index (κ1) is 11.2. The van der Waals surface area contributed by atoms with Crippen LogP contribution in [0.25, 0.3) is 0 Å². The zero-order valence-corrected chi connectivity index (χ0v) is 9.59. The molecule has 1 fully saturated rings. The highest BCUT2D eigenvalue weighted by Crippen LogP contribution is 2.54. The zero-order chi connectivity index (χ0) is 11.1. The molecule has 2 nitrogen and oxygen atoms in total. The van der Waals surface area contributed by atoms with E-state index < -0.39 is 0 Å². The number of aliphatic hydroxyl groups excluding tert-OH is 2. The molecule has 82 valence electrons. The van der Waals surface area contributed by atoms with Crippen LogP contribution >= 0.6 is 23.2 Å². The molecule has 0 radical (unpaired) electrons. The minimum Gasteiger partial charge on any atom is -0.396 e. The largest absolute Gasteiger partial charge is 0.396 e. The van der Waals surface area contributed by atoms with Crippen molar-refractivity contribution < 1.29 is 10.2 Å². The third kappa shape index (κ3) is 1.76. The second kappa shape index (κ2) is 3.95. The van der Waals surface area contributed by atoms with Crippen LogP contribution in [0.5, 0.6) is 0 Å². The summed E-state index contributed by atoms with van der Waals surface area (Å²) >= 11 is 11.7. The summed E-state index contributed by atoms with van der Waals surface area (Å²) in [5, 5.41) is 19.5. The molecule has 2 atom stereocenters.